The molecule has 0 unspecified atom stereocenters. The lowest BCUT2D eigenvalue weighted by Gasteiger charge is -2.05. The zero-order valence-electron chi connectivity index (χ0n) is 10.3. The number of unbranched alkanes of at least 4 members (excludes halogenated alkanes) is 2. The quantitative estimate of drug-likeness (QED) is 0.348. The van der Waals surface area contributed by atoms with E-state index in [0.717, 1.165) is 19.3 Å². The molecule has 0 amide bonds. The molecule has 0 rings (SSSR count). The molecule has 0 aromatic carbocycles. The van der Waals surface area contributed by atoms with Crippen molar-refractivity contribution in [3.63, 3.8) is 0 Å². The molecular weight excluding hydrogens is 188 g/mol. The molecule has 88 valence electrons. The molecular formula is C13H24O2. The van der Waals surface area contributed by atoms with Gasteiger partial charge in [-0.3, -0.25) is 4.79 Å². The number of carbonyl (C=O) groups is 1. The van der Waals surface area contributed by atoms with Crippen LogP contribution in [0.1, 0.15) is 52.9 Å². The van der Waals surface area contributed by atoms with Crippen LogP contribution in [0.2, 0.25) is 0 Å². The van der Waals surface area contributed by atoms with Gasteiger partial charge in [0.25, 0.3) is 0 Å². The summed E-state index contributed by atoms with van der Waals surface area (Å²) in [5.74, 6) is 0.324. The van der Waals surface area contributed by atoms with Gasteiger partial charge in [0.2, 0.25) is 0 Å². The van der Waals surface area contributed by atoms with Gasteiger partial charge in [-0.15, -0.1) is 0 Å². The van der Waals surface area contributed by atoms with E-state index in [9.17, 15) is 4.79 Å². The molecule has 0 spiro atoms. The van der Waals surface area contributed by atoms with Crippen molar-refractivity contribution in [2.75, 3.05) is 6.61 Å². The van der Waals surface area contributed by atoms with Crippen molar-refractivity contribution in [3.8, 4) is 0 Å². The third kappa shape index (κ3) is 11.1. The molecule has 0 aromatic heterocycles. The molecule has 0 aromatic rings. The second-order valence-electron chi connectivity index (χ2n) is 4.22. The van der Waals surface area contributed by atoms with E-state index in [0.29, 0.717) is 18.9 Å². The Morgan fingerprint density at radius 2 is 1.93 bits per heavy atom. The highest BCUT2D eigenvalue weighted by atomic mass is 16.5. The molecule has 0 saturated carbocycles. The van der Waals surface area contributed by atoms with Crippen LogP contribution >= 0.6 is 0 Å². The van der Waals surface area contributed by atoms with Gasteiger partial charge in [-0.05, 0) is 25.2 Å². The summed E-state index contributed by atoms with van der Waals surface area (Å²) >= 11 is 0. The Balaban J connectivity index is 3.27. The van der Waals surface area contributed by atoms with Gasteiger partial charge in [-0.2, -0.15) is 0 Å². The molecule has 0 saturated heterocycles. The minimum absolute atomic E-state index is 0.0671. The lowest BCUT2D eigenvalue weighted by atomic mass is 10.1. The van der Waals surface area contributed by atoms with E-state index >= 15 is 0 Å². The van der Waals surface area contributed by atoms with E-state index in [2.05, 4.69) is 19.1 Å². The SMILES string of the molecule is CCC/C=C\CCCOC(=O)CC(C)C. The lowest BCUT2D eigenvalue weighted by Crippen LogP contribution is -2.08. The molecule has 0 fully saturated rings. The van der Waals surface area contributed by atoms with E-state index in [1.54, 1.807) is 0 Å². The highest BCUT2D eigenvalue weighted by Crippen LogP contribution is 2.02. The Morgan fingerprint density at radius 1 is 1.27 bits per heavy atom. The van der Waals surface area contributed by atoms with Crippen molar-refractivity contribution in [2.45, 2.75) is 52.9 Å². The van der Waals surface area contributed by atoms with Gasteiger partial charge in [0, 0.05) is 6.42 Å². The molecule has 0 aliphatic rings. The Labute approximate surface area is 93.7 Å². The maximum absolute atomic E-state index is 11.1. The fourth-order valence-corrected chi connectivity index (χ4v) is 1.18. The summed E-state index contributed by atoms with van der Waals surface area (Å²) in [6.07, 6.45) is 9.17. The van der Waals surface area contributed by atoms with Crippen LogP contribution < -0.4 is 0 Å². The van der Waals surface area contributed by atoms with E-state index in [1.165, 1.54) is 6.42 Å². The highest BCUT2D eigenvalue weighted by Gasteiger charge is 2.04. The monoisotopic (exact) mass is 212 g/mol. The fraction of sp³-hybridized carbons (Fsp3) is 0.769. The molecule has 0 aliphatic carbocycles. The van der Waals surface area contributed by atoms with Crippen LogP contribution in [0, 0.1) is 5.92 Å². The molecule has 0 N–H and O–H groups in total. The van der Waals surface area contributed by atoms with Crippen LogP contribution in [0.25, 0.3) is 0 Å². The summed E-state index contributed by atoms with van der Waals surface area (Å²) < 4.78 is 5.09. The summed E-state index contributed by atoms with van der Waals surface area (Å²) in [7, 11) is 0. The van der Waals surface area contributed by atoms with Gasteiger partial charge in [0.1, 0.15) is 0 Å². The van der Waals surface area contributed by atoms with E-state index < -0.39 is 0 Å². The lowest BCUT2D eigenvalue weighted by molar-refractivity contribution is -0.144. The number of hydrogen-bond donors (Lipinski definition) is 0. The smallest absolute Gasteiger partial charge is 0.306 e. The third-order valence-electron chi connectivity index (χ3n) is 1.98. The van der Waals surface area contributed by atoms with Crippen molar-refractivity contribution in [2.24, 2.45) is 5.92 Å². The van der Waals surface area contributed by atoms with E-state index in [4.69, 9.17) is 4.74 Å². The molecule has 0 radical (unpaired) electrons. The van der Waals surface area contributed by atoms with Crippen molar-refractivity contribution >= 4 is 5.97 Å². The Hall–Kier alpha value is -0.790. The summed E-state index contributed by atoms with van der Waals surface area (Å²) in [5, 5.41) is 0. The summed E-state index contributed by atoms with van der Waals surface area (Å²) in [6, 6.07) is 0. The molecule has 0 bridgehead atoms. The van der Waals surface area contributed by atoms with Gasteiger partial charge in [0.05, 0.1) is 6.61 Å². The van der Waals surface area contributed by atoms with Crippen molar-refractivity contribution < 1.29 is 9.53 Å². The predicted octanol–water partition coefficient (Wildman–Crippen LogP) is 3.71. The van der Waals surface area contributed by atoms with Crippen LogP contribution in [0.15, 0.2) is 12.2 Å². The fourth-order valence-electron chi connectivity index (χ4n) is 1.18. The molecule has 2 heteroatoms. The molecule has 0 atom stereocenters. The van der Waals surface area contributed by atoms with Crippen LogP contribution in [-0.2, 0) is 9.53 Å². The van der Waals surface area contributed by atoms with Gasteiger partial charge in [-0.25, -0.2) is 0 Å². The Bertz CT molecular complexity index is 183. The first kappa shape index (κ1) is 14.2. The summed E-state index contributed by atoms with van der Waals surface area (Å²) in [6.45, 7) is 6.77. The topological polar surface area (TPSA) is 26.3 Å². The number of ether oxygens (including phenoxy) is 1. The maximum Gasteiger partial charge on any atom is 0.306 e. The van der Waals surface area contributed by atoms with Crippen LogP contribution in [0.4, 0.5) is 0 Å². The molecule has 2 nitrogen and oxygen atoms in total. The minimum Gasteiger partial charge on any atom is -0.466 e. The first-order valence-electron chi connectivity index (χ1n) is 5.97. The summed E-state index contributed by atoms with van der Waals surface area (Å²) in [4.78, 5) is 11.1. The van der Waals surface area contributed by atoms with Gasteiger partial charge >= 0.3 is 5.97 Å². The first-order chi connectivity index (χ1) is 7.16. The number of hydrogen-bond acceptors (Lipinski definition) is 2. The Kier molecular flexibility index (Phi) is 9.24. The Morgan fingerprint density at radius 3 is 2.53 bits per heavy atom. The van der Waals surface area contributed by atoms with Crippen molar-refractivity contribution in [1.82, 2.24) is 0 Å². The normalized spacial score (nSPS) is 11.2. The number of carbonyl (C=O) groups excluding carboxylic acids is 1. The van der Waals surface area contributed by atoms with Crippen LogP contribution in [0.5, 0.6) is 0 Å². The average Bonchev–Trinajstić information content (AvgIpc) is 2.15. The second kappa shape index (κ2) is 9.75. The predicted molar refractivity (Wildman–Crippen MR) is 63.7 cm³/mol. The average molecular weight is 212 g/mol. The van der Waals surface area contributed by atoms with Crippen LogP contribution in [-0.4, -0.2) is 12.6 Å². The highest BCUT2D eigenvalue weighted by molar-refractivity contribution is 5.69. The van der Waals surface area contributed by atoms with Crippen LogP contribution in [0.3, 0.4) is 0 Å². The third-order valence-corrected chi connectivity index (χ3v) is 1.98. The van der Waals surface area contributed by atoms with Gasteiger partial charge < -0.3 is 4.74 Å². The number of allylic oxidation sites excluding steroid dienone is 2. The van der Waals surface area contributed by atoms with Crippen molar-refractivity contribution in [3.05, 3.63) is 12.2 Å². The minimum atomic E-state index is -0.0671. The largest absolute Gasteiger partial charge is 0.466 e. The summed E-state index contributed by atoms with van der Waals surface area (Å²) in [5.41, 5.74) is 0. The van der Waals surface area contributed by atoms with Gasteiger partial charge in [-0.1, -0.05) is 39.3 Å². The zero-order valence-corrected chi connectivity index (χ0v) is 10.3. The molecule has 15 heavy (non-hydrogen) atoms. The zero-order chi connectivity index (χ0) is 11.5. The van der Waals surface area contributed by atoms with E-state index in [-0.39, 0.29) is 5.97 Å². The molecule has 0 heterocycles. The van der Waals surface area contributed by atoms with Gasteiger partial charge in [0.15, 0.2) is 0 Å². The first-order valence-corrected chi connectivity index (χ1v) is 5.97. The maximum atomic E-state index is 11.1. The number of esters is 1. The van der Waals surface area contributed by atoms with Crippen molar-refractivity contribution in [1.29, 1.82) is 0 Å². The second-order valence-corrected chi connectivity index (χ2v) is 4.22. The standard InChI is InChI=1S/C13H24O2/c1-4-5-6-7-8-9-10-15-13(14)11-12(2)3/h6-7,12H,4-5,8-11H2,1-3H3/b7-6-. The van der Waals surface area contributed by atoms with E-state index in [1.807, 2.05) is 13.8 Å². The number of rotatable bonds is 8. The molecule has 0 aliphatic heterocycles.